The molecule has 2 heterocycles. The molecule has 1 amide bonds. The van der Waals surface area contributed by atoms with E-state index in [2.05, 4.69) is 4.98 Å². The van der Waals surface area contributed by atoms with Crippen LogP contribution in [0.25, 0.3) is 0 Å². The van der Waals surface area contributed by atoms with Gasteiger partial charge in [-0.15, -0.1) is 0 Å². The van der Waals surface area contributed by atoms with Gasteiger partial charge >= 0.3 is 0 Å². The van der Waals surface area contributed by atoms with Crippen molar-refractivity contribution in [2.24, 2.45) is 5.92 Å². The lowest BCUT2D eigenvalue weighted by Gasteiger charge is -2.33. The zero-order valence-corrected chi connectivity index (χ0v) is 15.7. The first-order chi connectivity index (χ1) is 13.1. The predicted molar refractivity (Wildman–Crippen MR) is 102 cm³/mol. The molecule has 1 aliphatic heterocycles. The minimum atomic E-state index is -0.272. The summed E-state index contributed by atoms with van der Waals surface area (Å²) in [6.07, 6.45) is 3.78. The molecule has 0 aliphatic carbocycles. The topological polar surface area (TPSA) is 45.7 Å². The molecule has 1 aromatic carbocycles. The van der Waals surface area contributed by atoms with Gasteiger partial charge in [0.1, 0.15) is 11.6 Å². The Labute approximate surface area is 159 Å². The predicted octanol–water partition coefficient (Wildman–Crippen LogP) is 2.97. The third-order valence-electron chi connectivity index (χ3n) is 4.73. The first-order valence-corrected chi connectivity index (χ1v) is 9.35. The number of piperidine rings is 1. The highest BCUT2D eigenvalue weighted by atomic mass is 19.1. The van der Waals surface area contributed by atoms with E-state index < -0.39 is 0 Å². The molecule has 2 aromatic rings. The van der Waals surface area contributed by atoms with Crippen molar-refractivity contribution in [3.05, 3.63) is 60.2 Å². The first-order valence-electron chi connectivity index (χ1n) is 9.35. The highest BCUT2D eigenvalue weighted by Gasteiger charge is 2.24. The van der Waals surface area contributed by atoms with Crippen LogP contribution in [0.2, 0.25) is 0 Å². The molecule has 0 N–H and O–H groups in total. The molecule has 1 aliphatic rings. The smallest absolute Gasteiger partial charge is 0.236 e. The maximum absolute atomic E-state index is 13.0. The Morgan fingerprint density at radius 3 is 2.85 bits per heavy atom. The van der Waals surface area contributed by atoms with Crippen LogP contribution in [-0.4, -0.2) is 54.0 Å². The molecule has 144 valence electrons. The molecule has 0 saturated carbocycles. The van der Waals surface area contributed by atoms with Crippen LogP contribution in [-0.2, 0) is 11.3 Å². The van der Waals surface area contributed by atoms with Gasteiger partial charge in [0, 0.05) is 31.7 Å². The summed E-state index contributed by atoms with van der Waals surface area (Å²) in [6, 6.07) is 11.9. The highest BCUT2D eigenvalue weighted by Crippen LogP contribution is 2.19. The number of rotatable bonds is 7. The normalized spacial score (nSPS) is 17.1. The Balaban J connectivity index is 1.45. The molecule has 1 aromatic heterocycles. The molecule has 1 saturated heterocycles. The van der Waals surface area contributed by atoms with Crippen LogP contribution >= 0.6 is 0 Å². The van der Waals surface area contributed by atoms with Gasteiger partial charge in [0.2, 0.25) is 5.91 Å². The van der Waals surface area contributed by atoms with Gasteiger partial charge in [-0.2, -0.15) is 0 Å². The van der Waals surface area contributed by atoms with Crippen molar-refractivity contribution in [2.45, 2.75) is 19.4 Å². The van der Waals surface area contributed by atoms with Gasteiger partial charge in [-0.05, 0) is 56.3 Å². The van der Waals surface area contributed by atoms with Crippen LogP contribution in [0.1, 0.15) is 18.5 Å². The average molecular weight is 371 g/mol. The van der Waals surface area contributed by atoms with Crippen LogP contribution < -0.4 is 4.74 Å². The number of amides is 1. The van der Waals surface area contributed by atoms with Gasteiger partial charge in [0.25, 0.3) is 0 Å². The van der Waals surface area contributed by atoms with Crippen molar-refractivity contribution in [3.63, 3.8) is 0 Å². The van der Waals surface area contributed by atoms with Gasteiger partial charge in [0.15, 0.2) is 0 Å². The van der Waals surface area contributed by atoms with Gasteiger partial charge in [-0.1, -0.05) is 6.07 Å². The van der Waals surface area contributed by atoms with Crippen LogP contribution in [0.15, 0.2) is 48.7 Å². The first kappa shape index (κ1) is 19.3. The molecule has 1 unspecified atom stereocenters. The van der Waals surface area contributed by atoms with E-state index in [9.17, 15) is 9.18 Å². The van der Waals surface area contributed by atoms with Crippen molar-refractivity contribution in [1.29, 1.82) is 0 Å². The number of nitrogens with zero attached hydrogens (tertiary/aromatic N) is 3. The second-order valence-electron chi connectivity index (χ2n) is 7.11. The number of halogens is 1. The number of carbonyl (C=O) groups excluding carboxylic acids is 1. The summed E-state index contributed by atoms with van der Waals surface area (Å²) in [5.41, 5.74) is 0.956. The van der Waals surface area contributed by atoms with Crippen molar-refractivity contribution >= 4 is 5.91 Å². The van der Waals surface area contributed by atoms with Gasteiger partial charge in [-0.25, -0.2) is 4.39 Å². The molecule has 0 radical (unpaired) electrons. The van der Waals surface area contributed by atoms with E-state index in [-0.39, 0.29) is 11.7 Å². The van der Waals surface area contributed by atoms with E-state index >= 15 is 0 Å². The Kier molecular flexibility index (Phi) is 6.76. The molecule has 3 rings (SSSR count). The number of benzene rings is 1. The minimum absolute atomic E-state index is 0.139. The number of likely N-dealkylation sites (N-methyl/N-ethyl adjacent to an activating group) is 1. The molecule has 27 heavy (non-hydrogen) atoms. The third kappa shape index (κ3) is 6.03. The molecular weight excluding hydrogens is 345 g/mol. The second-order valence-corrected chi connectivity index (χ2v) is 7.11. The van der Waals surface area contributed by atoms with Gasteiger partial charge in [0.05, 0.1) is 18.8 Å². The van der Waals surface area contributed by atoms with E-state index in [0.717, 1.165) is 25.1 Å². The van der Waals surface area contributed by atoms with Crippen LogP contribution in [0, 0.1) is 11.7 Å². The molecule has 5 nitrogen and oxygen atoms in total. The highest BCUT2D eigenvalue weighted by molar-refractivity contribution is 5.78. The van der Waals surface area contributed by atoms with Gasteiger partial charge < -0.3 is 9.64 Å². The lowest BCUT2D eigenvalue weighted by Crippen LogP contribution is -2.45. The molecule has 0 spiro atoms. The maximum Gasteiger partial charge on any atom is 0.236 e. The van der Waals surface area contributed by atoms with Crippen LogP contribution in [0.3, 0.4) is 0 Å². The van der Waals surface area contributed by atoms with Gasteiger partial charge in [-0.3, -0.25) is 14.7 Å². The van der Waals surface area contributed by atoms with Crippen molar-refractivity contribution in [2.75, 3.05) is 33.3 Å². The number of aromatic nitrogens is 1. The summed E-state index contributed by atoms with van der Waals surface area (Å²) >= 11 is 0. The Morgan fingerprint density at radius 2 is 2.11 bits per heavy atom. The van der Waals surface area contributed by atoms with E-state index in [0.29, 0.717) is 37.9 Å². The number of likely N-dealkylation sites (tertiary alicyclic amines) is 1. The molecule has 1 fully saturated rings. The number of pyridine rings is 1. The summed E-state index contributed by atoms with van der Waals surface area (Å²) < 4.78 is 18.7. The molecule has 0 bridgehead atoms. The monoisotopic (exact) mass is 371 g/mol. The van der Waals surface area contributed by atoms with Crippen LogP contribution in [0.4, 0.5) is 4.39 Å². The summed E-state index contributed by atoms with van der Waals surface area (Å²) in [6.45, 7) is 3.07. The fourth-order valence-corrected chi connectivity index (χ4v) is 3.33. The van der Waals surface area contributed by atoms with E-state index in [1.165, 1.54) is 12.1 Å². The van der Waals surface area contributed by atoms with E-state index in [1.807, 2.05) is 35.0 Å². The SMILES string of the molecule is CN(CC(=O)N1CCCC(COc2ccc(F)cc2)C1)Cc1ccccn1. The maximum atomic E-state index is 13.0. The van der Waals surface area contributed by atoms with E-state index in [1.54, 1.807) is 18.3 Å². The standard InChI is InChI=1S/C21H26FN3O2/c1-24(14-19-6-2-3-11-23-19)15-21(26)25-12-4-5-17(13-25)16-27-20-9-7-18(22)8-10-20/h2-3,6-11,17H,4-5,12-16H2,1H3. The lowest BCUT2D eigenvalue weighted by atomic mass is 9.99. The number of hydrogen-bond acceptors (Lipinski definition) is 4. The Bertz CT molecular complexity index is 724. The molecule has 1 atom stereocenters. The van der Waals surface area contributed by atoms with E-state index in [4.69, 9.17) is 4.74 Å². The summed E-state index contributed by atoms with van der Waals surface area (Å²) in [5, 5.41) is 0. The number of ether oxygens (including phenoxy) is 1. The fourth-order valence-electron chi connectivity index (χ4n) is 3.33. The second kappa shape index (κ2) is 9.46. The molecular formula is C21H26FN3O2. The summed E-state index contributed by atoms with van der Waals surface area (Å²) in [7, 11) is 1.94. The largest absolute Gasteiger partial charge is 0.493 e. The fraction of sp³-hybridized carbons (Fsp3) is 0.429. The lowest BCUT2D eigenvalue weighted by molar-refractivity contribution is -0.134. The molecule has 6 heteroatoms. The summed E-state index contributed by atoms with van der Waals surface area (Å²) in [5.74, 6) is 0.829. The number of hydrogen-bond donors (Lipinski definition) is 0. The van der Waals surface area contributed by atoms with Crippen molar-refractivity contribution in [3.8, 4) is 5.75 Å². The quantitative estimate of drug-likeness (QED) is 0.751. The Hall–Kier alpha value is -2.47. The number of carbonyl (C=O) groups is 1. The third-order valence-corrected chi connectivity index (χ3v) is 4.73. The average Bonchev–Trinajstić information content (AvgIpc) is 2.68. The zero-order chi connectivity index (χ0) is 19.1. The van der Waals surface area contributed by atoms with Crippen molar-refractivity contribution < 1.29 is 13.9 Å². The zero-order valence-electron chi connectivity index (χ0n) is 15.7. The van der Waals surface area contributed by atoms with Crippen molar-refractivity contribution in [1.82, 2.24) is 14.8 Å². The van der Waals surface area contributed by atoms with Crippen LogP contribution in [0.5, 0.6) is 5.75 Å². The summed E-state index contributed by atoms with van der Waals surface area (Å²) in [4.78, 5) is 20.9. The minimum Gasteiger partial charge on any atom is -0.493 e. The Morgan fingerprint density at radius 1 is 1.30 bits per heavy atom.